The van der Waals surface area contributed by atoms with Crippen molar-refractivity contribution in [2.24, 2.45) is 5.73 Å². The van der Waals surface area contributed by atoms with E-state index in [0.717, 1.165) is 19.6 Å². The molecule has 0 aromatic heterocycles. The topological polar surface area (TPSA) is 41.7 Å². The van der Waals surface area contributed by atoms with Crippen molar-refractivity contribution in [3.05, 3.63) is 0 Å². The monoisotopic (exact) mass is 243 g/mol. The maximum absolute atomic E-state index is 5.85. The van der Waals surface area contributed by atoms with E-state index in [0.29, 0.717) is 6.04 Å². The van der Waals surface area contributed by atoms with Crippen LogP contribution in [0.15, 0.2) is 0 Å². The Morgan fingerprint density at radius 1 is 1.24 bits per heavy atom. The second-order valence-corrected chi connectivity index (χ2v) is 4.90. The summed E-state index contributed by atoms with van der Waals surface area (Å²) in [6, 6.07) is 0.598. The molecule has 4 heteroatoms. The predicted molar refractivity (Wildman–Crippen MR) is 72.3 cm³/mol. The zero-order valence-corrected chi connectivity index (χ0v) is 11.5. The molecule has 0 amide bonds. The van der Waals surface area contributed by atoms with Crippen molar-refractivity contribution < 1.29 is 4.74 Å². The number of piperazine rings is 1. The Balaban J connectivity index is 2.19. The quantitative estimate of drug-likeness (QED) is 0.639. The van der Waals surface area contributed by atoms with Crippen LogP contribution >= 0.6 is 0 Å². The summed E-state index contributed by atoms with van der Waals surface area (Å²) in [6.45, 7) is 9.81. The van der Waals surface area contributed by atoms with Crippen molar-refractivity contribution in [3.8, 4) is 0 Å². The highest BCUT2D eigenvalue weighted by molar-refractivity contribution is 4.78. The van der Waals surface area contributed by atoms with Crippen LogP contribution in [-0.4, -0.2) is 68.8 Å². The summed E-state index contributed by atoms with van der Waals surface area (Å²) in [4.78, 5) is 5.10. The predicted octanol–water partition coefficient (Wildman–Crippen LogP) is 0.768. The van der Waals surface area contributed by atoms with Crippen molar-refractivity contribution in [1.82, 2.24) is 9.80 Å². The van der Waals surface area contributed by atoms with Crippen LogP contribution in [0.25, 0.3) is 0 Å². The molecule has 17 heavy (non-hydrogen) atoms. The van der Waals surface area contributed by atoms with Crippen LogP contribution in [0.4, 0.5) is 0 Å². The number of nitrogens with two attached hydrogens (primary N) is 1. The zero-order valence-electron chi connectivity index (χ0n) is 11.5. The standard InChI is InChI=1S/C13H29N3O/c1-3-5-13(12-14)16-9-7-15(8-10-16)6-4-11-17-2/h13H,3-12,14H2,1-2H3. The Kier molecular flexibility index (Phi) is 7.77. The Morgan fingerprint density at radius 3 is 2.47 bits per heavy atom. The van der Waals surface area contributed by atoms with Crippen LogP contribution in [0, 0.1) is 0 Å². The minimum absolute atomic E-state index is 0.598. The lowest BCUT2D eigenvalue weighted by atomic mass is 10.1. The molecule has 0 saturated carbocycles. The van der Waals surface area contributed by atoms with E-state index >= 15 is 0 Å². The van der Waals surface area contributed by atoms with Gasteiger partial charge in [0.2, 0.25) is 0 Å². The first-order valence-corrected chi connectivity index (χ1v) is 6.97. The first-order valence-electron chi connectivity index (χ1n) is 6.97. The molecule has 0 aliphatic carbocycles. The van der Waals surface area contributed by atoms with Gasteiger partial charge in [-0.1, -0.05) is 13.3 Å². The molecule has 0 aromatic rings. The van der Waals surface area contributed by atoms with Gasteiger partial charge in [0.25, 0.3) is 0 Å². The fourth-order valence-corrected chi connectivity index (χ4v) is 2.57. The number of nitrogens with zero attached hydrogens (tertiary/aromatic N) is 2. The van der Waals surface area contributed by atoms with E-state index < -0.39 is 0 Å². The molecule has 4 nitrogen and oxygen atoms in total. The molecule has 0 aromatic carbocycles. The Labute approximate surface area is 106 Å². The molecule has 102 valence electrons. The second kappa shape index (κ2) is 8.86. The number of ether oxygens (including phenoxy) is 1. The molecule has 1 atom stereocenters. The van der Waals surface area contributed by atoms with E-state index in [1.54, 1.807) is 7.11 Å². The van der Waals surface area contributed by atoms with E-state index in [-0.39, 0.29) is 0 Å². The summed E-state index contributed by atoms with van der Waals surface area (Å²) >= 11 is 0. The van der Waals surface area contributed by atoms with Gasteiger partial charge in [-0.05, 0) is 12.8 Å². The van der Waals surface area contributed by atoms with Gasteiger partial charge >= 0.3 is 0 Å². The van der Waals surface area contributed by atoms with E-state index in [1.165, 1.54) is 45.6 Å². The smallest absolute Gasteiger partial charge is 0.0474 e. The third-order valence-corrected chi connectivity index (χ3v) is 3.64. The summed E-state index contributed by atoms with van der Waals surface area (Å²) in [7, 11) is 1.77. The fraction of sp³-hybridized carbons (Fsp3) is 1.00. The molecular formula is C13H29N3O. The Hall–Kier alpha value is -0.160. The van der Waals surface area contributed by atoms with E-state index in [9.17, 15) is 0 Å². The summed E-state index contributed by atoms with van der Waals surface area (Å²) in [6.07, 6.45) is 3.61. The van der Waals surface area contributed by atoms with Crippen LogP contribution in [0.3, 0.4) is 0 Å². The molecular weight excluding hydrogens is 214 g/mol. The molecule has 1 heterocycles. The van der Waals surface area contributed by atoms with Crippen molar-refractivity contribution in [1.29, 1.82) is 0 Å². The molecule has 1 saturated heterocycles. The van der Waals surface area contributed by atoms with Crippen LogP contribution in [0.2, 0.25) is 0 Å². The molecule has 1 rings (SSSR count). The number of hydrogen-bond donors (Lipinski definition) is 1. The van der Waals surface area contributed by atoms with E-state index in [2.05, 4.69) is 16.7 Å². The van der Waals surface area contributed by atoms with Crippen LogP contribution in [-0.2, 0) is 4.74 Å². The summed E-state index contributed by atoms with van der Waals surface area (Å²) in [5.41, 5.74) is 5.85. The van der Waals surface area contributed by atoms with Gasteiger partial charge in [0.05, 0.1) is 0 Å². The molecule has 0 radical (unpaired) electrons. The highest BCUT2D eigenvalue weighted by Crippen LogP contribution is 2.10. The average Bonchev–Trinajstić information content (AvgIpc) is 2.37. The lowest BCUT2D eigenvalue weighted by Crippen LogP contribution is -2.52. The van der Waals surface area contributed by atoms with Crippen molar-refractivity contribution in [2.75, 3.05) is 53.0 Å². The highest BCUT2D eigenvalue weighted by Gasteiger charge is 2.21. The average molecular weight is 243 g/mol. The van der Waals surface area contributed by atoms with E-state index in [4.69, 9.17) is 10.5 Å². The third-order valence-electron chi connectivity index (χ3n) is 3.64. The number of rotatable bonds is 8. The van der Waals surface area contributed by atoms with Gasteiger partial charge in [0.1, 0.15) is 0 Å². The molecule has 0 bridgehead atoms. The Bertz CT molecular complexity index is 182. The number of hydrogen-bond acceptors (Lipinski definition) is 4. The van der Waals surface area contributed by atoms with Gasteiger partial charge in [-0.3, -0.25) is 4.90 Å². The summed E-state index contributed by atoms with van der Waals surface area (Å²) in [5.74, 6) is 0. The second-order valence-electron chi connectivity index (χ2n) is 4.90. The van der Waals surface area contributed by atoms with Crippen molar-refractivity contribution in [2.45, 2.75) is 32.2 Å². The highest BCUT2D eigenvalue weighted by atomic mass is 16.5. The lowest BCUT2D eigenvalue weighted by molar-refractivity contribution is 0.0869. The maximum atomic E-state index is 5.85. The number of methoxy groups -OCH3 is 1. The normalized spacial score (nSPS) is 20.6. The molecule has 2 N–H and O–H groups in total. The van der Waals surface area contributed by atoms with Crippen LogP contribution < -0.4 is 5.73 Å². The van der Waals surface area contributed by atoms with Gasteiger partial charge in [-0.25, -0.2) is 0 Å². The SMILES string of the molecule is CCCC(CN)N1CCN(CCCOC)CC1. The van der Waals surface area contributed by atoms with Gasteiger partial charge in [-0.15, -0.1) is 0 Å². The van der Waals surface area contributed by atoms with Crippen molar-refractivity contribution in [3.63, 3.8) is 0 Å². The summed E-state index contributed by atoms with van der Waals surface area (Å²) < 4.78 is 5.09. The molecule has 1 unspecified atom stereocenters. The first-order chi connectivity index (χ1) is 8.31. The minimum Gasteiger partial charge on any atom is -0.385 e. The van der Waals surface area contributed by atoms with Gasteiger partial charge < -0.3 is 15.4 Å². The third kappa shape index (κ3) is 5.34. The largest absolute Gasteiger partial charge is 0.385 e. The first kappa shape index (κ1) is 14.9. The van der Waals surface area contributed by atoms with Gasteiger partial charge in [-0.2, -0.15) is 0 Å². The van der Waals surface area contributed by atoms with Gasteiger partial charge in [0.15, 0.2) is 0 Å². The van der Waals surface area contributed by atoms with Crippen LogP contribution in [0.5, 0.6) is 0 Å². The summed E-state index contributed by atoms with van der Waals surface area (Å²) in [5, 5.41) is 0. The molecule has 0 spiro atoms. The maximum Gasteiger partial charge on any atom is 0.0474 e. The molecule has 1 aliphatic rings. The zero-order chi connectivity index (χ0) is 12.5. The lowest BCUT2D eigenvalue weighted by Gasteiger charge is -2.39. The minimum atomic E-state index is 0.598. The van der Waals surface area contributed by atoms with Crippen LogP contribution in [0.1, 0.15) is 26.2 Å². The van der Waals surface area contributed by atoms with E-state index in [1.807, 2.05) is 0 Å². The fourth-order valence-electron chi connectivity index (χ4n) is 2.57. The molecule has 1 aliphatic heterocycles. The molecule has 1 fully saturated rings. The van der Waals surface area contributed by atoms with Crippen molar-refractivity contribution >= 4 is 0 Å². The Morgan fingerprint density at radius 2 is 1.94 bits per heavy atom. The van der Waals surface area contributed by atoms with Gasteiger partial charge in [0, 0.05) is 59.0 Å².